The van der Waals surface area contributed by atoms with Crippen LogP contribution >= 0.6 is 0 Å². The van der Waals surface area contributed by atoms with Crippen LogP contribution in [0.5, 0.6) is 0 Å². The third-order valence-electron chi connectivity index (χ3n) is 4.63. The van der Waals surface area contributed by atoms with Crippen molar-refractivity contribution in [2.24, 2.45) is 5.92 Å². The molecule has 0 amide bonds. The summed E-state index contributed by atoms with van der Waals surface area (Å²) in [5, 5.41) is 3.60. The normalized spacial score (nSPS) is 29.7. The second-order valence-electron chi connectivity index (χ2n) is 6.67. The van der Waals surface area contributed by atoms with Gasteiger partial charge in [0.25, 0.3) is 0 Å². The summed E-state index contributed by atoms with van der Waals surface area (Å²) in [5.41, 5.74) is 0. The largest absolute Gasteiger partial charge is 0.314 e. The highest BCUT2D eigenvalue weighted by Gasteiger charge is 2.22. The number of unbranched alkanes of at least 4 members (excludes halogenated alkanes) is 3. The van der Waals surface area contributed by atoms with Crippen molar-refractivity contribution in [2.45, 2.75) is 77.3 Å². The standard InChI is InChI=1S/C16H32N2/c1-14-7-8-15(2)18(13-14)12-6-4-3-5-11-17-16-9-10-16/h14-17H,3-13H2,1-2H3. The smallest absolute Gasteiger partial charge is 0.00682 e. The molecule has 2 fully saturated rings. The third kappa shape index (κ3) is 5.27. The van der Waals surface area contributed by atoms with Crippen molar-refractivity contribution in [3.63, 3.8) is 0 Å². The van der Waals surface area contributed by atoms with Crippen LogP contribution in [0.25, 0.3) is 0 Å². The molecule has 2 nitrogen and oxygen atoms in total. The molecule has 1 N–H and O–H groups in total. The second-order valence-corrected chi connectivity index (χ2v) is 6.67. The molecule has 1 aliphatic heterocycles. The number of piperidine rings is 1. The van der Waals surface area contributed by atoms with Crippen LogP contribution in [0.15, 0.2) is 0 Å². The van der Waals surface area contributed by atoms with Gasteiger partial charge in [0.2, 0.25) is 0 Å². The third-order valence-corrected chi connectivity index (χ3v) is 4.63. The van der Waals surface area contributed by atoms with Gasteiger partial charge in [0, 0.05) is 18.6 Å². The first-order valence-corrected chi connectivity index (χ1v) is 8.23. The van der Waals surface area contributed by atoms with Crippen molar-refractivity contribution in [1.29, 1.82) is 0 Å². The summed E-state index contributed by atoms with van der Waals surface area (Å²) in [6.07, 6.45) is 11.3. The summed E-state index contributed by atoms with van der Waals surface area (Å²) >= 11 is 0. The van der Waals surface area contributed by atoms with Crippen molar-refractivity contribution >= 4 is 0 Å². The summed E-state index contributed by atoms with van der Waals surface area (Å²) in [4.78, 5) is 2.72. The first kappa shape index (κ1) is 14.3. The number of nitrogens with one attached hydrogen (secondary N) is 1. The fourth-order valence-electron chi connectivity index (χ4n) is 3.08. The first-order chi connectivity index (χ1) is 8.75. The van der Waals surface area contributed by atoms with Crippen LogP contribution in [0.3, 0.4) is 0 Å². The maximum absolute atomic E-state index is 3.60. The van der Waals surface area contributed by atoms with E-state index in [9.17, 15) is 0 Å². The Morgan fingerprint density at radius 2 is 1.72 bits per heavy atom. The van der Waals surface area contributed by atoms with Gasteiger partial charge in [-0.05, 0) is 64.5 Å². The predicted molar refractivity (Wildman–Crippen MR) is 78.9 cm³/mol. The molecule has 0 aromatic carbocycles. The van der Waals surface area contributed by atoms with Crippen LogP contribution in [0.2, 0.25) is 0 Å². The highest BCUT2D eigenvalue weighted by atomic mass is 15.2. The van der Waals surface area contributed by atoms with Crippen LogP contribution in [-0.2, 0) is 0 Å². The highest BCUT2D eigenvalue weighted by Crippen LogP contribution is 2.22. The van der Waals surface area contributed by atoms with Gasteiger partial charge in [-0.15, -0.1) is 0 Å². The zero-order valence-corrected chi connectivity index (χ0v) is 12.5. The number of rotatable bonds is 8. The minimum atomic E-state index is 0.831. The van der Waals surface area contributed by atoms with Gasteiger partial charge in [-0.2, -0.15) is 0 Å². The molecular formula is C16H32N2. The molecule has 2 atom stereocenters. The summed E-state index contributed by atoms with van der Waals surface area (Å²) < 4.78 is 0. The van der Waals surface area contributed by atoms with E-state index in [-0.39, 0.29) is 0 Å². The van der Waals surface area contributed by atoms with Crippen LogP contribution in [0.4, 0.5) is 0 Å². The molecule has 2 heteroatoms. The van der Waals surface area contributed by atoms with Gasteiger partial charge in [-0.25, -0.2) is 0 Å². The molecule has 0 bridgehead atoms. The van der Waals surface area contributed by atoms with Crippen molar-refractivity contribution in [1.82, 2.24) is 10.2 Å². The SMILES string of the molecule is CC1CCC(C)N(CCCCCCNC2CC2)C1. The van der Waals surface area contributed by atoms with Crippen LogP contribution in [-0.4, -0.2) is 36.6 Å². The van der Waals surface area contributed by atoms with Crippen LogP contribution in [0.1, 0.15) is 65.2 Å². The molecule has 1 saturated heterocycles. The number of hydrogen-bond acceptors (Lipinski definition) is 2. The molecule has 1 heterocycles. The van der Waals surface area contributed by atoms with Crippen LogP contribution < -0.4 is 5.32 Å². The zero-order valence-electron chi connectivity index (χ0n) is 12.5. The Bertz CT molecular complexity index is 225. The fourth-order valence-corrected chi connectivity index (χ4v) is 3.08. The minimum Gasteiger partial charge on any atom is -0.314 e. The topological polar surface area (TPSA) is 15.3 Å². The van der Waals surface area contributed by atoms with Gasteiger partial charge >= 0.3 is 0 Å². The quantitative estimate of drug-likeness (QED) is 0.666. The molecule has 0 aromatic heterocycles. The summed E-state index contributed by atoms with van der Waals surface area (Å²) in [5.74, 6) is 0.920. The fraction of sp³-hybridized carbons (Fsp3) is 1.00. The van der Waals surface area contributed by atoms with Crippen LogP contribution in [0, 0.1) is 5.92 Å². The number of hydrogen-bond donors (Lipinski definition) is 1. The summed E-state index contributed by atoms with van der Waals surface area (Å²) in [6.45, 7) is 8.74. The van der Waals surface area contributed by atoms with E-state index in [0.717, 1.165) is 18.0 Å². The zero-order chi connectivity index (χ0) is 12.8. The van der Waals surface area contributed by atoms with E-state index in [4.69, 9.17) is 0 Å². The van der Waals surface area contributed by atoms with Crippen molar-refractivity contribution in [3.8, 4) is 0 Å². The Morgan fingerprint density at radius 1 is 0.944 bits per heavy atom. The second kappa shape index (κ2) is 7.49. The summed E-state index contributed by atoms with van der Waals surface area (Å²) in [6, 6.07) is 1.72. The molecular weight excluding hydrogens is 220 g/mol. The Morgan fingerprint density at radius 3 is 2.50 bits per heavy atom. The van der Waals surface area contributed by atoms with Crippen molar-refractivity contribution in [3.05, 3.63) is 0 Å². The molecule has 2 unspecified atom stereocenters. The minimum absolute atomic E-state index is 0.831. The molecule has 1 aliphatic carbocycles. The van der Waals surface area contributed by atoms with Crippen molar-refractivity contribution < 1.29 is 0 Å². The Kier molecular flexibility index (Phi) is 5.97. The molecule has 2 aliphatic rings. The average molecular weight is 252 g/mol. The average Bonchev–Trinajstić information content (AvgIpc) is 3.16. The van der Waals surface area contributed by atoms with E-state index in [2.05, 4.69) is 24.1 Å². The molecule has 0 aromatic rings. The number of nitrogens with zero attached hydrogens (tertiary/aromatic N) is 1. The molecule has 0 radical (unpaired) electrons. The Balaban J connectivity index is 1.43. The Hall–Kier alpha value is -0.0800. The first-order valence-electron chi connectivity index (χ1n) is 8.23. The highest BCUT2D eigenvalue weighted by molar-refractivity contribution is 4.80. The lowest BCUT2D eigenvalue weighted by Crippen LogP contribution is -2.41. The van der Waals surface area contributed by atoms with Gasteiger partial charge in [-0.1, -0.05) is 19.8 Å². The Labute approximate surface area is 114 Å². The van der Waals surface area contributed by atoms with E-state index in [1.165, 1.54) is 71.0 Å². The van der Waals surface area contributed by atoms with Gasteiger partial charge in [0.1, 0.15) is 0 Å². The molecule has 1 saturated carbocycles. The lowest BCUT2D eigenvalue weighted by Gasteiger charge is -2.36. The van der Waals surface area contributed by atoms with Gasteiger partial charge in [0.05, 0.1) is 0 Å². The molecule has 2 rings (SSSR count). The molecule has 0 spiro atoms. The lowest BCUT2D eigenvalue weighted by atomic mass is 9.95. The van der Waals surface area contributed by atoms with E-state index in [0.29, 0.717) is 0 Å². The number of likely N-dealkylation sites (tertiary alicyclic amines) is 1. The van der Waals surface area contributed by atoms with E-state index in [1.807, 2.05) is 0 Å². The van der Waals surface area contributed by atoms with Gasteiger partial charge in [0.15, 0.2) is 0 Å². The van der Waals surface area contributed by atoms with E-state index in [1.54, 1.807) is 0 Å². The van der Waals surface area contributed by atoms with E-state index >= 15 is 0 Å². The maximum Gasteiger partial charge on any atom is 0.00682 e. The van der Waals surface area contributed by atoms with Gasteiger partial charge in [-0.3, -0.25) is 0 Å². The molecule has 106 valence electrons. The van der Waals surface area contributed by atoms with Crippen molar-refractivity contribution in [2.75, 3.05) is 19.6 Å². The monoisotopic (exact) mass is 252 g/mol. The predicted octanol–water partition coefficient (Wildman–Crippen LogP) is 3.42. The van der Waals surface area contributed by atoms with E-state index < -0.39 is 0 Å². The van der Waals surface area contributed by atoms with Gasteiger partial charge < -0.3 is 10.2 Å². The maximum atomic E-state index is 3.60. The summed E-state index contributed by atoms with van der Waals surface area (Å²) in [7, 11) is 0. The lowest BCUT2D eigenvalue weighted by molar-refractivity contribution is 0.122. The molecule has 18 heavy (non-hydrogen) atoms.